The number of nitrogens with one attached hydrogen (secondary N) is 2. The Kier molecular flexibility index (Phi) is 6.90. The van der Waals surface area contributed by atoms with Gasteiger partial charge in [0, 0.05) is 12.6 Å². The van der Waals surface area contributed by atoms with Gasteiger partial charge in [0.05, 0.1) is 0 Å². The molecule has 0 heterocycles. The predicted molar refractivity (Wildman–Crippen MR) is 75.5 cm³/mol. The lowest BCUT2D eigenvalue weighted by Gasteiger charge is -2.14. The SMILES string of the molecule is CCCNCC(C)NCCc1cccc(C)c1. The lowest BCUT2D eigenvalue weighted by Crippen LogP contribution is -2.37. The quantitative estimate of drug-likeness (QED) is 0.675. The van der Waals surface area contributed by atoms with Gasteiger partial charge in [-0.15, -0.1) is 0 Å². The lowest BCUT2D eigenvalue weighted by atomic mass is 10.1. The first-order chi connectivity index (χ1) is 8.22. The van der Waals surface area contributed by atoms with Gasteiger partial charge in [-0.1, -0.05) is 36.8 Å². The normalized spacial score (nSPS) is 12.6. The topological polar surface area (TPSA) is 24.1 Å². The van der Waals surface area contributed by atoms with Crippen LogP contribution in [0.5, 0.6) is 0 Å². The molecule has 0 radical (unpaired) electrons. The summed E-state index contributed by atoms with van der Waals surface area (Å²) in [5.41, 5.74) is 2.77. The fourth-order valence-corrected chi connectivity index (χ4v) is 1.90. The van der Waals surface area contributed by atoms with Crippen LogP contribution in [0.25, 0.3) is 0 Å². The minimum Gasteiger partial charge on any atom is -0.315 e. The van der Waals surface area contributed by atoms with Crippen molar-refractivity contribution in [2.75, 3.05) is 19.6 Å². The zero-order chi connectivity index (χ0) is 12.5. The van der Waals surface area contributed by atoms with Crippen LogP contribution in [0.2, 0.25) is 0 Å². The zero-order valence-electron chi connectivity index (χ0n) is 11.4. The molecule has 2 N–H and O–H groups in total. The molecule has 0 spiro atoms. The molecule has 1 atom stereocenters. The number of aryl methyl sites for hydroxylation is 1. The standard InChI is InChI=1S/C15H26N2/c1-4-9-16-12-14(3)17-10-8-15-7-5-6-13(2)11-15/h5-7,11,14,16-17H,4,8-10,12H2,1-3H3. The van der Waals surface area contributed by atoms with Crippen molar-refractivity contribution in [3.8, 4) is 0 Å². The van der Waals surface area contributed by atoms with Gasteiger partial charge in [-0.25, -0.2) is 0 Å². The molecule has 96 valence electrons. The zero-order valence-corrected chi connectivity index (χ0v) is 11.4. The van der Waals surface area contributed by atoms with E-state index in [1.807, 2.05) is 0 Å². The van der Waals surface area contributed by atoms with Gasteiger partial charge < -0.3 is 10.6 Å². The van der Waals surface area contributed by atoms with E-state index in [1.54, 1.807) is 0 Å². The van der Waals surface area contributed by atoms with Crippen LogP contribution < -0.4 is 10.6 Å². The molecule has 1 unspecified atom stereocenters. The third kappa shape index (κ3) is 6.44. The molecular formula is C15H26N2. The van der Waals surface area contributed by atoms with E-state index in [0.29, 0.717) is 6.04 Å². The molecule has 0 fully saturated rings. The van der Waals surface area contributed by atoms with Crippen molar-refractivity contribution in [1.29, 1.82) is 0 Å². The molecule has 0 saturated heterocycles. The summed E-state index contributed by atoms with van der Waals surface area (Å²) in [4.78, 5) is 0. The second-order valence-corrected chi connectivity index (χ2v) is 4.80. The number of hydrogen-bond donors (Lipinski definition) is 2. The second-order valence-electron chi connectivity index (χ2n) is 4.80. The maximum Gasteiger partial charge on any atom is 0.0164 e. The summed E-state index contributed by atoms with van der Waals surface area (Å²) in [5.74, 6) is 0. The van der Waals surface area contributed by atoms with Crippen LogP contribution in [-0.2, 0) is 6.42 Å². The molecule has 0 saturated carbocycles. The summed E-state index contributed by atoms with van der Waals surface area (Å²) in [6.45, 7) is 9.81. The molecule has 1 aromatic carbocycles. The van der Waals surface area contributed by atoms with Gasteiger partial charge in [-0.2, -0.15) is 0 Å². The fourth-order valence-electron chi connectivity index (χ4n) is 1.90. The average molecular weight is 234 g/mol. The van der Waals surface area contributed by atoms with Crippen molar-refractivity contribution >= 4 is 0 Å². The smallest absolute Gasteiger partial charge is 0.0164 e. The molecule has 1 aromatic rings. The van der Waals surface area contributed by atoms with Gasteiger partial charge in [-0.3, -0.25) is 0 Å². The second kappa shape index (κ2) is 8.26. The Labute approximate surface area is 106 Å². The minimum atomic E-state index is 0.548. The van der Waals surface area contributed by atoms with E-state index in [0.717, 1.165) is 26.1 Å². The Morgan fingerprint density at radius 1 is 1.24 bits per heavy atom. The monoisotopic (exact) mass is 234 g/mol. The van der Waals surface area contributed by atoms with Crippen molar-refractivity contribution in [3.05, 3.63) is 35.4 Å². The largest absolute Gasteiger partial charge is 0.315 e. The van der Waals surface area contributed by atoms with E-state index >= 15 is 0 Å². The van der Waals surface area contributed by atoms with Gasteiger partial charge >= 0.3 is 0 Å². The van der Waals surface area contributed by atoms with E-state index in [9.17, 15) is 0 Å². The Balaban J connectivity index is 2.14. The Bertz CT molecular complexity index is 310. The molecule has 0 aliphatic carbocycles. The molecule has 1 rings (SSSR count). The molecular weight excluding hydrogens is 208 g/mol. The average Bonchev–Trinajstić information content (AvgIpc) is 2.29. The summed E-state index contributed by atoms with van der Waals surface area (Å²) in [6.07, 6.45) is 2.32. The van der Waals surface area contributed by atoms with Crippen LogP contribution in [-0.4, -0.2) is 25.7 Å². The summed E-state index contributed by atoms with van der Waals surface area (Å²) in [6, 6.07) is 9.30. The lowest BCUT2D eigenvalue weighted by molar-refractivity contribution is 0.504. The highest BCUT2D eigenvalue weighted by Crippen LogP contribution is 2.03. The van der Waals surface area contributed by atoms with E-state index in [1.165, 1.54) is 17.5 Å². The number of rotatable bonds is 8. The first-order valence-corrected chi connectivity index (χ1v) is 6.72. The Hall–Kier alpha value is -0.860. The predicted octanol–water partition coefficient (Wildman–Crippen LogP) is 2.52. The van der Waals surface area contributed by atoms with Crippen molar-refractivity contribution in [2.24, 2.45) is 0 Å². The fraction of sp³-hybridized carbons (Fsp3) is 0.600. The van der Waals surface area contributed by atoms with Gasteiger partial charge in [0.2, 0.25) is 0 Å². The maximum atomic E-state index is 3.55. The molecule has 0 aliphatic heterocycles. The van der Waals surface area contributed by atoms with Crippen LogP contribution in [0, 0.1) is 6.92 Å². The van der Waals surface area contributed by atoms with Crippen molar-refractivity contribution < 1.29 is 0 Å². The van der Waals surface area contributed by atoms with Crippen LogP contribution in [0.4, 0.5) is 0 Å². The van der Waals surface area contributed by atoms with Crippen molar-refractivity contribution in [1.82, 2.24) is 10.6 Å². The van der Waals surface area contributed by atoms with E-state index in [2.05, 4.69) is 55.7 Å². The van der Waals surface area contributed by atoms with Gasteiger partial charge in [0.1, 0.15) is 0 Å². The third-order valence-corrected chi connectivity index (χ3v) is 2.87. The van der Waals surface area contributed by atoms with Crippen molar-refractivity contribution in [2.45, 2.75) is 39.7 Å². The van der Waals surface area contributed by atoms with E-state index < -0.39 is 0 Å². The number of benzene rings is 1. The van der Waals surface area contributed by atoms with Crippen molar-refractivity contribution in [3.63, 3.8) is 0 Å². The summed E-state index contributed by atoms with van der Waals surface area (Å²) >= 11 is 0. The van der Waals surface area contributed by atoms with Gasteiger partial charge in [0.15, 0.2) is 0 Å². The Morgan fingerprint density at radius 2 is 2.06 bits per heavy atom. The molecule has 0 amide bonds. The Morgan fingerprint density at radius 3 is 2.76 bits per heavy atom. The summed E-state index contributed by atoms with van der Waals surface area (Å²) in [7, 11) is 0. The molecule has 2 heteroatoms. The molecule has 0 aliphatic rings. The van der Waals surface area contributed by atoms with Gasteiger partial charge in [0.25, 0.3) is 0 Å². The first-order valence-electron chi connectivity index (χ1n) is 6.72. The molecule has 0 aromatic heterocycles. The third-order valence-electron chi connectivity index (χ3n) is 2.87. The molecule has 17 heavy (non-hydrogen) atoms. The van der Waals surface area contributed by atoms with Gasteiger partial charge in [-0.05, 0) is 45.3 Å². The maximum absolute atomic E-state index is 3.55. The van der Waals surface area contributed by atoms with Crippen LogP contribution in [0.1, 0.15) is 31.4 Å². The van der Waals surface area contributed by atoms with E-state index in [-0.39, 0.29) is 0 Å². The summed E-state index contributed by atoms with van der Waals surface area (Å²) < 4.78 is 0. The molecule has 0 bridgehead atoms. The highest BCUT2D eigenvalue weighted by molar-refractivity contribution is 5.22. The molecule has 2 nitrogen and oxygen atoms in total. The number of hydrogen-bond acceptors (Lipinski definition) is 2. The van der Waals surface area contributed by atoms with E-state index in [4.69, 9.17) is 0 Å². The highest BCUT2D eigenvalue weighted by atomic mass is 15.0. The van der Waals surface area contributed by atoms with Crippen LogP contribution in [0.15, 0.2) is 24.3 Å². The summed E-state index contributed by atoms with van der Waals surface area (Å²) in [5, 5.41) is 6.98. The first kappa shape index (κ1) is 14.2. The van der Waals surface area contributed by atoms with Crippen LogP contribution in [0.3, 0.4) is 0 Å². The van der Waals surface area contributed by atoms with Crippen LogP contribution >= 0.6 is 0 Å². The minimum absolute atomic E-state index is 0.548. The highest BCUT2D eigenvalue weighted by Gasteiger charge is 2.00.